The zero-order valence-electron chi connectivity index (χ0n) is 17.6. The fraction of sp³-hybridized carbons (Fsp3) is 0.476. The molecule has 29 heavy (non-hydrogen) atoms. The highest BCUT2D eigenvalue weighted by Gasteiger charge is 2.16. The van der Waals surface area contributed by atoms with Crippen molar-refractivity contribution in [3.63, 3.8) is 0 Å². The van der Waals surface area contributed by atoms with E-state index >= 15 is 0 Å². The summed E-state index contributed by atoms with van der Waals surface area (Å²) in [6, 6.07) is 4.77. The standard InChI is InChI=1S/C21H30N2O6/c1-6-23(13-15(4)5)19(24)14-29-20(25)12-22-21(26)16-9-10-17(27-7-2)18(11-16)28-8-3/h9-11H,4,6-8,12-14H2,1-3,5H3,(H,22,26). The van der Waals surface area contributed by atoms with E-state index in [1.165, 1.54) is 4.90 Å². The third-order valence-corrected chi connectivity index (χ3v) is 3.75. The van der Waals surface area contributed by atoms with Gasteiger partial charge in [-0.05, 0) is 45.9 Å². The van der Waals surface area contributed by atoms with Gasteiger partial charge < -0.3 is 24.4 Å². The first-order valence-corrected chi connectivity index (χ1v) is 9.57. The molecule has 1 aromatic rings. The Balaban J connectivity index is 2.57. The molecule has 2 amide bonds. The van der Waals surface area contributed by atoms with Crippen LogP contribution in [-0.2, 0) is 14.3 Å². The molecular weight excluding hydrogens is 376 g/mol. The maximum atomic E-state index is 12.3. The Labute approximate surface area is 171 Å². The summed E-state index contributed by atoms with van der Waals surface area (Å²) in [6.07, 6.45) is 0. The van der Waals surface area contributed by atoms with Crippen molar-refractivity contribution in [2.45, 2.75) is 27.7 Å². The van der Waals surface area contributed by atoms with Crippen LogP contribution in [0.1, 0.15) is 38.1 Å². The van der Waals surface area contributed by atoms with Gasteiger partial charge in [0, 0.05) is 18.7 Å². The van der Waals surface area contributed by atoms with Crippen LogP contribution in [0.15, 0.2) is 30.4 Å². The molecule has 0 spiro atoms. The molecule has 8 nitrogen and oxygen atoms in total. The van der Waals surface area contributed by atoms with E-state index < -0.39 is 11.9 Å². The number of likely N-dealkylation sites (N-methyl/N-ethyl adjacent to an activating group) is 1. The molecule has 0 saturated heterocycles. The van der Waals surface area contributed by atoms with Crippen molar-refractivity contribution in [3.05, 3.63) is 35.9 Å². The molecule has 1 N–H and O–H groups in total. The number of carbonyl (C=O) groups is 3. The SMILES string of the molecule is C=C(C)CN(CC)C(=O)COC(=O)CNC(=O)c1ccc(OCC)c(OCC)c1. The molecule has 0 heterocycles. The van der Waals surface area contributed by atoms with E-state index in [9.17, 15) is 14.4 Å². The van der Waals surface area contributed by atoms with Gasteiger partial charge in [0.25, 0.3) is 11.8 Å². The van der Waals surface area contributed by atoms with Gasteiger partial charge in [-0.1, -0.05) is 12.2 Å². The second-order valence-electron chi connectivity index (χ2n) is 6.24. The highest BCUT2D eigenvalue weighted by molar-refractivity contribution is 5.96. The van der Waals surface area contributed by atoms with Crippen LogP contribution < -0.4 is 14.8 Å². The average molecular weight is 406 g/mol. The first kappa shape index (κ1) is 24.0. The number of benzene rings is 1. The summed E-state index contributed by atoms with van der Waals surface area (Å²) < 4.78 is 15.9. The summed E-state index contributed by atoms with van der Waals surface area (Å²) in [6.45, 7) is 12.1. The number of rotatable bonds is 12. The molecule has 0 fully saturated rings. The van der Waals surface area contributed by atoms with E-state index in [-0.39, 0.29) is 19.1 Å². The number of carbonyl (C=O) groups excluding carboxylic acids is 3. The Kier molecular flexibility index (Phi) is 10.3. The Bertz CT molecular complexity index is 732. The number of ether oxygens (including phenoxy) is 3. The molecule has 0 aliphatic carbocycles. The van der Waals surface area contributed by atoms with Gasteiger partial charge >= 0.3 is 5.97 Å². The van der Waals surface area contributed by atoms with Crippen LogP contribution in [0.5, 0.6) is 11.5 Å². The quantitative estimate of drug-likeness (QED) is 0.422. The number of esters is 1. The predicted molar refractivity (Wildman–Crippen MR) is 109 cm³/mol. The molecule has 8 heteroatoms. The van der Waals surface area contributed by atoms with Crippen LogP contribution in [0.4, 0.5) is 0 Å². The molecule has 1 aromatic carbocycles. The number of hydrogen-bond acceptors (Lipinski definition) is 6. The minimum absolute atomic E-state index is 0.317. The van der Waals surface area contributed by atoms with Gasteiger partial charge in [-0.15, -0.1) is 0 Å². The molecule has 0 aliphatic heterocycles. The molecule has 0 bridgehead atoms. The third-order valence-electron chi connectivity index (χ3n) is 3.75. The number of hydrogen-bond donors (Lipinski definition) is 1. The smallest absolute Gasteiger partial charge is 0.325 e. The van der Waals surface area contributed by atoms with Crippen molar-refractivity contribution in [3.8, 4) is 11.5 Å². The van der Waals surface area contributed by atoms with Gasteiger partial charge in [-0.3, -0.25) is 14.4 Å². The fourth-order valence-corrected chi connectivity index (χ4v) is 2.43. The monoisotopic (exact) mass is 406 g/mol. The maximum absolute atomic E-state index is 12.3. The van der Waals surface area contributed by atoms with Crippen LogP contribution in [-0.4, -0.2) is 62.1 Å². The number of nitrogens with zero attached hydrogens (tertiary/aromatic N) is 1. The van der Waals surface area contributed by atoms with Crippen LogP contribution >= 0.6 is 0 Å². The van der Waals surface area contributed by atoms with Crippen LogP contribution in [0.2, 0.25) is 0 Å². The minimum atomic E-state index is -0.700. The summed E-state index contributed by atoms with van der Waals surface area (Å²) in [4.78, 5) is 37.7. The first-order valence-electron chi connectivity index (χ1n) is 9.57. The van der Waals surface area contributed by atoms with Gasteiger partial charge in [-0.2, -0.15) is 0 Å². The van der Waals surface area contributed by atoms with Crippen molar-refractivity contribution in [2.75, 3.05) is 39.5 Å². The highest BCUT2D eigenvalue weighted by atomic mass is 16.5. The van der Waals surface area contributed by atoms with Crippen molar-refractivity contribution < 1.29 is 28.6 Å². The molecule has 0 atom stereocenters. The summed E-state index contributed by atoms with van der Waals surface area (Å²) in [5, 5.41) is 2.47. The average Bonchev–Trinajstić information content (AvgIpc) is 2.69. The van der Waals surface area contributed by atoms with Gasteiger partial charge in [-0.25, -0.2) is 0 Å². The second-order valence-corrected chi connectivity index (χ2v) is 6.24. The molecule has 0 saturated carbocycles. The third kappa shape index (κ3) is 8.25. The van der Waals surface area contributed by atoms with Gasteiger partial charge in [0.15, 0.2) is 18.1 Å². The fourth-order valence-electron chi connectivity index (χ4n) is 2.43. The Morgan fingerprint density at radius 1 is 1.07 bits per heavy atom. The lowest BCUT2D eigenvalue weighted by Crippen LogP contribution is -2.37. The molecule has 0 radical (unpaired) electrons. The lowest BCUT2D eigenvalue weighted by molar-refractivity contribution is -0.150. The predicted octanol–water partition coefficient (Wildman–Crippen LogP) is 2.18. The zero-order valence-corrected chi connectivity index (χ0v) is 17.6. The van der Waals surface area contributed by atoms with Gasteiger partial charge in [0.05, 0.1) is 13.2 Å². The zero-order chi connectivity index (χ0) is 21.8. The van der Waals surface area contributed by atoms with E-state index in [1.807, 2.05) is 27.7 Å². The number of nitrogens with one attached hydrogen (secondary N) is 1. The van der Waals surface area contributed by atoms with Crippen molar-refractivity contribution >= 4 is 17.8 Å². The summed E-state index contributed by atoms with van der Waals surface area (Å²) in [5.41, 5.74) is 1.15. The van der Waals surface area contributed by atoms with Crippen LogP contribution in [0, 0.1) is 0 Å². The first-order chi connectivity index (χ1) is 13.8. The van der Waals surface area contributed by atoms with Crippen molar-refractivity contribution in [2.24, 2.45) is 0 Å². The van der Waals surface area contributed by atoms with Gasteiger partial charge in [0.2, 0.25) is 0 Å². The van der Waals surface area contributed by atoms with Crippen molar-refractivity contribution in [1.29, 1.82) is 0 Å². The molecule has 0 aromatic heterocycles. The van der Waals surface area contributed by atoms with E-state index in [1.54, 1.807) is 18.2 Å². The normalized spacial score (nSPS) is 10.1. The highest BCUT2D eigenvalue weighted by Crippen LogP contribution is 2.28. The molecule has 1 rings (SSSR count). The van der Waals surface area contributed by atoms with E-state index in [4.69, 9.17) is 14.2 Å². The van der Waals surface area contributed by atoms with E-state index in [0.29, 0.717) is 43.4 Å². The minimum Gasteiger partial charge on any atom is -0.490 e. The molecule has 160 valence electrons. The molecule has 0 unspecified atom stereocenters. The molecular formula is C21H30N2O6. The van der Waals surface area contributed by atoms with Crippen LogP contribution in [0.3, 0.4) is 0 Å². The van der Waals surface area contributed by atoms with Gasteiger partial charge in [0.1, 0.15) is 6.54 Å². The maximum Gasteiger partial charge on any atom is 0.325 e. The van der Waals surface area contributed by atoms with Crippen LogP contribution in [0.25, 0.3) is 0 Å². The Hall–Kier alpha value is -3.03. The lowest BCUT2D eigenvalue weighted by atomic mass is 10.2. The summed E-state index contributed by atoms with van der Waals surface area (Å²) >= 11 is 0. The Morgan fingerprint density at radius 3 is 2.31 bits per heavy atom. The topological polar surface area (TPSA) is 94.2 Å². The largest absolute Gasteiger partial charge is 0.490 e. The van der Waals surface area contributed by atoms with E-state index in [2.05, 4.69) is 11.9 Å². The second kappa shape index (κ2) is 12.4. The summed E-state index contributed by atoms with van der Waals surface area (Å²) in [5.74, 6) is -0.488. The number of amides is 2. The summed E-state index contributed by atoms with van der Waals surface area (Å²) in [7, 11) is 0. The Morgan fingerprint density at radius 2 is 1.72 bits per heavy atom. The molecule has 0 aliphatic rings. The van der Waals surface area contributed by atoms with Crippen molar-refractivity contribution in [1.82, 2.24) is 10.2 Å². The van der Waals surface area contributed by atoms with E-state index in [0.717, 1.165) is 5.57 Å². The lowest BCUT2D eigenvalue weighted by Gasteiger charge is -2.20.